The summed E-state index contributed by atoms with van der Waals surface area (Å²) in [6.45, 7) is -2.11. The highest BCUT2D eigenvalue weighted by atomic mass is 28.4. The van der Waals surface area contributed by atoms with E-state index in [1.165, 1.54) is 0 Å². The largest absolute Gasteiger partial charge is 0.501 e. The molecule has 0 rings (SSSR count). The molecule has 0 N–H and O–H groups in total. The minimum atomic E-state index is -4.62. The van der Waals surface area contributed by atoms with Gasteiger partial charge in [0.1, 0.15) is 0 Å². The van der Waals surface area contributed by atoms with Crippen LogP contribution in [0.3, 0.4) is 0 Å². The van der Waals surface area contributed by atoms with E-state index in [2.05, 4.69) is 50.5 Å². The lowest BCUT2D eigenvalue weighted by Gasteiger charge is -2.35. The second kappa shape index (κ2) is 84.8. The molecular formula is C48H103F33O16Si5. The maximum Gasteiger partial charge on any atom is 0.501 e. The fraction of sp³-hybridized carbons (Fsp3) is 1.00. The van der Waals surface area contributed by atoms with E-state index in [9.17, 15) is 145 Å². The summed E-state index contributed by atoms with van der Waals surface area (Å²) in [5.74, 6) is 0. The van der Waals surface area contributed by atoms with Gasteiger partial charge in [-0.3, -0.25) is 0 Å². The summed E-state index contributed by atoms with van der Waals surface area (Å²) < 4.78 is 414. The Morgan fingerprint density at radius 3 is 0.627 bits per heavy atom. The Balaban J connectivity index is -0.0000000655. The molecule has 0 aromatic carbocycles. The van der Waals surface area contributed by atoms with Crippen LogP contribution in [-0.4, -0.2) is 244 Å². The number of ether oxygens (including phenoxy) is 3. The van der Waals surface area contributed by atoms with E-state index >= 15 is 0 Å². The van der Waals surface area contributed by atoms with Gasteiger partial charge in [-0.15, -0.1) is 0 Å². The van der Waals surface area contributed by atoms with E-state index in [1.807, 2.05) is 20.8 Å². The highest BCUT2D eigenvalue weighted by Gasteiger charge is 2.43. The van der Waals surface area contributed by atoms with Crippen molar-refractivity contribution >= 4 is 43.0 Å². The standard InChI is InChI=1S/C13H33FO5Si3.C10H23FO4Si.C7H17FO4Si.3C2H2F4O.3C2H2F4.3CH2F2.3CH4/c1-15-22(16-2,17-3)12-11-21(6,7)19-20(4,5)10-8-9-18-13-14;1-4-13-16(14-5-2,15-6-3)9-7-8-12-10-11;1-9-13(10-2,11-3)6-4-5-12-7-8;3*3-2(4,5)1-7-6;3*3-1-2(4,5)6;3*2-1-3;;;/h8-13H2,1-7H3;4-10H2,1-3H3;4-7H2,1-3H3;3*1H2;3*1H2;3*1H2;3*1H4. The number of hydrogen-bond acceptors (Lipinski definition) is 16. The SMILES string of the molecule is C.C.C.CCO[Si](CCCOCF)(OCC)OCC.CO[Si](CCCOCF)(OC)OC.CO[Si](CC[Si](C)(C)O[Si](C)(C)CCCOCF)(OC)OC.FCC(F)(F)F.FCC(F)(F)F.FCC(F)(F)F.FCF.FCF.FCF.FOCC(F)(F)F.FOCC(F)(F)F.FOCC(F)(F)F. The van der Waals surface area contributed by atoms with E-state index in [1.54, 1.807) is 42.7 Å². The fourth-order valence-electron chi connectivity index (χ4n) is 5.15. The molecule has 0 atom stereocenters. The molecule has 0 unspecified atom stereocenters. The van der Waals surface area contributed by atoms with E-state index in [0.29, 0.717) is 64.6 Å². The summed E-state index contributed by atoms with van der Waals surface area (Å²) in [6, 6.07) is 3.99. The second-order valence-electron chi connectivity index (χ2n) is 17.2. The van der Waals surface area contributed by atoms with Crippen molar-refractivity contribution in [2.24, 2.45) is 0 Å². The van der Waals surface area contributed by atoms with Gasteiger partial charge in [0.05, 0.1) is 0 Å². The Morgan fingerprint density at radius 1 is 0.284 bits per heavy atom. The molecule has 0 bridgehead atoms. The Bertz CT molecular complexity index is 1440. The molecule has 0 saturated heterocycles. The van der Waals surface area contributed by atoms with E-state index < -0.39 is 161 Å². The molecule has 102 heavy (non-hydrogen) atoms. The summed E-state index contributed by atoms with van der Waals surface area (Å²) in [5.41, 5.74) is 0. The van der Waals surface area contributed by atoms with Gasteiger partial charge in [-0.1, -0.05) is 22.3 Å². The minimum Gasteiger partial charge on any atom is -0.456 e. The van der Waals surface area contributed by atoms with Crippen molar-refractivity contribution in [2.75, 3.05) is 164 Å². The van der Waals surface area contributed by atoms with Crippen LogP contribution in [0.4, 0.5) is 145 Å². The third kappa shape index (κ3) is 134. The first-order valence-corrected chi connectivity index (χ1v) is 38.8. The number of alkyl halides is 30. The summed E-state index contributed by atoms with van der Waals surface area (Å²) in [7, 11) is -1.57. The molecule has 0 aliphatic heterocycles. The third-order valence-corrected chi connectivity index (χ3v) is 25.1. The van der Waals surface area contributed by atoms with Crippen molar-refractivity contribution in [1.82, 2.24) is 0 Å². The molecule has 0 aliphatic rings. The van der Waals surface area contributed by atoms with Crippen molar-refractivity contribution in [3.05, 3.63) is 0 Å². The molecule has 642 valence electrons. The summed E-state index contributed by atoms with van der Waals surface area (Å²) in [4.78, 5) is 6.84. The van der Waals surface area contributed by atoms with Gasteiger partial charge in [-0.05, 0) is 91.9 Å². The smallest absolute Gasteiger partial charge is 0.456 e. The summed E-state index contributed by atoms with van der Waals surface area (Å²) in [5, 5.41) is 0. The van der Waals surface area contributed by atoms with Gasteiger partial charge >= 0.3 is 63.5 Å². The van der Waals surface area contributed by atoms with Crippen molar-refractivity contribution in [1.29, 1.82) is 0 Å². The molecule has 0 aliphatic carbocycles. The van der Waals surface area contributed by atoms with Gasteiger partial charge in [-0.25, -0.2) is 52.7 Å². The Kier molecular flexibility index (Phi) is 113. The monoisotopic (exact) mass is 1700 g/mol. The first kappa shape index (κ1) is 136. The Labute approximate surface area is 579 Å². The molecule has 0 spiro atoms. The van der Waals surface area contributed by atoms with Gasteiger partial charge in [0.2, 0.25) is 20.8 Å². The lowest BCUT2D eigenvalue weighted by Crippen LogP contribution is -2.48. The normalized spacial score (nSPS) is 11.5. The highest BCUT2D eigenvalue weighted by molar-refractivity contribution is 6.85. The maximum absolute atomic E-state index is 11.9. The molecule has 0 saturated carbocycles. The van der Waals surface area contributed by atoms with Gasteiger partial charge < -0.3 is 58.2 Å². The molecule has 0 aromatic heterocycles. The number of hydrogen-bond donors (Lipinski definition) is 0. The third-order valence-electron chi connectivity index (χ3n) is 8.50. The zero-order chi connectivity index (χ0) is 81.2. The van der Waals surface area contributed by atoms with E-state index in [-0.39, 0.29) is 22.3 Å². The maximum atomic E-state index is 11.9. The predicted molar refractivity (Wildman–Crippen MR) is 321 cm³/mol. The highest BCUT2D eigenvalue weighted by Crippen LogP contribution is 2.28. The molecule has 54 heteroatoms. The van der Waals surface area contributed by atoms with Crippen LogP contribution >= 0.6 is 0 Å². The molecular weight excluding hydrogens is 1600 g/mol. The second-order valence-corrected chi connectivity index (χ2v) is 35.0. The van der Waals surface area contributed by atoms with Gasteiger partial charge in [0, 0.05) is 100 Å². The van der Waals surface area contributed by atoms with Crippen molar-refractivity contribution in [2.45, 2.75) is 156 Å². The average molecular weight is 1700 g/mol. The van der Waals surface area contributed by atoms with Gasteiger partial charge in [-0.2, -0.15) is 93.9 Å². The quantitative estimate of drug-likeness (QED) is 0.0336. The first-order chi connectivity index (χ1) is 45.2. The fourth-order valence-corrected chi connectivity index (χ4v) is 22.0. The van der Waals surface area contributed by atoms with Crippen LogP contribution < -0.4 is 0 Å². The first-order valence-electron chi connectivity index (χ1n) is 26.7. The lowest BCUT2D eigenvalue weighted by atomic mass is 10.5. The topological polar surface area (TPSA) is 148 Å². The molecule has 0 fully saturated rings. The molecule has 16 nitrogen and oxygen atoms in total. The van der Waals surface area contributed by atoms with Crippen molar-refractivity contribution in [3.63, 3.8) is 0 Å². The van der Waals surface area contributed by atoms with Gasteiger partial charge in [0.25, 0.3) is 0 Å². The zero-order valence-corrected chi connectivity index (χ0v) is 60.9. The molecule has 0 heterocycles. The molecule has 0 radical (unpaired) electrons. The summed E-state index contributed by atoms with van der Waals surface area (Å²) in [6.07, 6.45) is -25.3. The van der Waals surface area contributed by atoms with Crippen LogP contribution in [0, 0.1) is 0 Å². The predicted octanol–water partition coefficient (Wildman–Crippen LogP) is 20.7. The van der Waals surface area contributed by atoms with Crippen LogP contribution in [0.2, 0.25) is 56.4 Å². The number of halogens is 33. The van der Waals surface area contributed by atoms with Crippen molar-refractivity contribution in [3.8, 4) is 0 Å². The van der Waals surface area contributed by atoms with Crippen LogP contribution in [0.1, 0.15) is 62.3 Å². The van der Waals surface area contributed by atoms with E-state index in [0.717, 1.165) is 24.6 Å². The van der Waals surface area contributed by atoms with Crippen molar-refractivity contribution < 1.29 is 218 Å². The Hall–Kier alpha value is -1.87. The zero-order valence-electron chi connectivity index (χ0n) is 55.9. The van der Waals surface area contributed by atoms with Crippen LogP contribution in [-0.2, 0) is 73.0 Å². The van der Waals surface area contributed by atoms with Crippen LogP contribution in [0.15, 0.2) is 0 Å². The summed E-state index contributed by atoms with van der Waals surface area (Å²) >= 11 is 0. The van der Waals surface area contributed by atoms with Crippen LogP contribution in [0.5, 0.6) is 0 Å². The molecule has 0 amide bonds. The Morgan fingerprint density at radius 2 is 0.471 bits per heavy atom. The average Bonchev–Trinajstić information content (AvgIpc) is 0.859. The number of rotatable bonds is 35. The van der Waals surface area contributed by atoms with Crippen LogP contribution in [0.25, 0.3) is 0 Å². The minimum absolute atomic E-state index is 0. The molecule has 0 aromatic rings. The lowest BCUT2D eigenvalue weighted by molar-refractivity contribution is -0.245. The van der Waals surface area contributed by atoms with Gasteiger partial charge in [0.15, 0.2) is 77.1 Å². The van der Waals surface area contributed by atoms with E-state index in [4.69, 9.17) is 48.7 Å².